The molecule has 0 aliphatic rings. The maximum absolute atomic E-state index is 11.2. The van der Waals surface area contributed by atoms with Crippen molar-refractivity contribution in [1.82, 2.24) is 5.32 Å². The minimum Gasteiger partial charge on any atom is -0.394 e. The van der Waals surface area contributed by atoms with E-state index in [1.807, 2.05) is 6.92 Å². The third kappa shape index (κ3) is 4.42. The number of aliphatic hydroxyl groups is 5. The van der Waals surface area contributed by atoms with Gasteiger partial charge < -0.3 is 30.8 Å². The van der Waals surface area contributed by atoms with Crippen LogP contribution in [0.25, 0.3) is 0 Å². The first-order valence-electron chi connectivity index (χ1n) is 5.06. The van der Waals surface area contributed by atoms with E-state index in [0.717, 1.165) is 0 Å². The molecular formula is C9H19NO6. The highest BCUT2D eigenvalue weighted by Gasteiger charge is 2.33. The normalized spacial score (nSPS) is 18.6. The number of carbonyl (C=O) groups is 1. The molecule has 1 amide bonds. The lowest BCUT2D eigenvalue weighted by atomic mass is 10.0. The molecule has 96 valence electrons. The Morgan fingerprint density at radius 2 is 1.75 bits per heavy atom. The standard InChI is InChI=1S/C9H19NO6/c1-2-3-10-9(16)8(15)7(14)6(13)5(12)4-11/h5-8,11-15H,2-4H2,1H3,(H,10,16)/t5-,6+,7+,8+/m0/s1. The average Bonchev–Trinajstić information content (AvgIpc) is 2.31. The molecule has 7 nitrogen and oxygen atoms in total. The average molecular weight is 237 g/mol. The first kappa shape index (κ1) is 15.3. The van der Waals surface area contributed by atoms with E-state index in [4.69, 9.17) is 10.2 Å². The number of hydrogen-bond acceptors (Lipinski definition) is 6. The molecule has 4 atom stereocenters. The Morgan fingerprint density at radius 3 is 2.19 bits per heavy atom. The molecule has 0 saturated heterocycles. The number of rotatable bonds is 7. The molecule has 0 bridgehead atoms. The van der Waals surface area contributed by atoms with E-state index in [2.05, 4.69) is 5.32 Å². The number of carbonyl (C=O) groups excluding carboxylic acids is 1. The van der Waals surface area contributed by atoms with Crippen LogP contribution >= 0.6 is 0 Å². The third-order valence-electron chi connectivity index (χ3n) is 2.07. The predicted molar refractivity (Wildman–Crippen MR) is 54.4 cm³/mol. The molecule has 7 heteroatoms. The van der Waals surface area contributed by atoms with Crippen molar-refractivity contribution in [3.05, 3.63) is 0 Å². The second-order valence-electron chi connectivity index (χ2n) is 3.47. The van der Waals surface area contributed by atoms with Crippen LogP contribution in [0.1, 0.15) is 13.3 Å². The lowest BCUT2D eigenvalue weighted by Gasteiger charge is -2.24. The van der Waals surface area contributed by atoms with Crippen LogP contribution in [0, 0.1) is 0 Å². The molecule has 0 aromatic carbocycles. The Kier molecular flexibility index (Phi) is 7.18. The topological polar surface area (TPSA) is 130 Å². The summed E-state index contributed by atoms with van der Waals surface area (Å²) >= 11 is 0. The van der Waals surface area contributed by atoms with Gasteiger partial charge in [-0.15, -0.1) is 0 Å². The lowest BCUT2D eigenvalue weighted by Crippen LogP contribution is -2.51. The molecule has 0 spiro atoms. The molecule has 0 aliphatic heterocycles. The highest BCUT2D eigenvalue weighted by atomic mass is 16.4. The van der Waals surface area contributed by atoms with E-state index in [1.54, 1.807) is 0 Å². The number of nitrogens with one attached hydrogen (secondary N) is 1. The van der Waals surface area contributed by atoms with Crippen LogP contribution in [-0.4, -0.2) is 69.0 Å². The van der Waals surface area contributed by atoms with Crippen molar-refractivity contribution in [2.75, 3.05) is 13.2 Å². The fraction of sp³-hybridized carbons (Fsp3) is 0.889. The van der Waals surface area contributed by atoms with Crippen LogP contribution in [0.15, 0.2) is 0 Å². The van der Waals surface area contributed by atoms with E-state index in [1.165, 1.54) is 0 Å². The fourth-order valence-corrected chi connectivity index (χ4v) is 1.03. The van der Waals surface area contributed by atoms with Gasteiger partial charge in [-0.1, -0.05) is 6.92 Å². The van der Waals surface area contributed by atoms with Gasteiger partial charge in [-0.3, -0.25) is 4.79 Å². The summed E-state index contributed by atoms with van der Waals surface area (Å²) in [5.74, 6) is -0.835. The van der Waals surface area contributed by atoms with Crippen molar-refractivity contribution < 1.29 is 30.3 Å². The van der Waals surface area contributed by atoms with Crippen LogP contribution in [-0.2, 0) is 4.79 Å². The molecule has 0 aliphatic carbocycles. The van der Waals surface area contributed by atoms with Gasteiger partial charge in [0.05, 0.1) is 6.61 Å². The minimum absolute atomic E-state index is 0.335. The highest BCUT2D eigenvalue weighted by Crippen LogP contribution is 2.05. The molecule has 0 radical (unpaired) electrons. The molecule has 0 unspecified atom stereocenters. The largest absolute Gasteiger partial charge is 0.394 e. The van der Waals surface area contributed by atoms with Crippen LogP contribution < -0.4 is 5.32 Å². The summed E-state index contributed by atoms with van der Waals surface area (Å²) in [7, 11) is 0. The summed E-state index contributed by atoms with van der Waals surface area (Å²) in [6, 6.07) is 0. The monoisotopic (exact) mass is 237 g/mol. The molecule has 6 N–H and O–H groups in total. The van der Waals surface area contributed by atoms with Gasteiger partial charge in [0, 0.05) is 6.54 Å². The molecule has 0 aromatic heterocycles. The molecular weight excluding hydrogens is 218 g/mol. The summed E-state index contributed by atoms with van der Waals surface area (Å²) in [6.45, 7) is 1.37. The molecule has 0 fully saturated rings. The zero-order chi connectivity index (χ0) is 12.7. The molecule has 0 saturated carbocycles. The Balaban J connectivity index is 4.25. The van der Waals surface area contributed by atoms with Crippen LogP contribution in [0.4, 0.5) is 0 Å². The highest BCUT2D eigenvalue weighted by molar-refractivity contribution is 5.81. The quantitative estimate of drug-likeness (QED) is 0.279. The summed E-state index contributed by atoms with van der Waals surface area (Å²) < 4.78 is 0. The maximum atomic E-state index is 11.2. The zero-order valence-corrected chi connectivity index (χ0v) is 9.08. The second kappa shape index (κ2) is 7.53. The van der Waals surface area contributed by atoms with Crippen molar-refractivity contribution in [2.45, 2.75) is 37.8 Å². The molecule has 0 heterocycles. The number of aliphatic hydroxyl groups excluding tert-OH is 5. The summed E-state index contributed by atoms with van der Waals surface area (Å²) in [5, 5.41) is 47.7. The molecule has 0 rings (SSSR count). The smallest absolute Gasteiger partial charge is 0.251 e. The van der Waals surface area contributed by atoms with Crippen LogP contribution in [0.2, 0.25) is 0 Å². The van der Waals surface area contributed by atoms with Crippen molar-refractivity contribution in [3.63, 3.8) is 0 Å². The zero-order valence-electron chi connectivity index (χ0n) is 9.08. The molecule has 0 aromatic rings. The maximum Gasteiger partial charge on any atom is 0.251 e. The van der Waals surface area contributed by atoms with Gasteiger partial charge in [-0.2, -0.15) is 0 Å². The van der Waals surface area contributed by atoms with E-state index in [0.29, 0.717) is 13.0 Å². The van der Waals surface area contributed by atoms with Gasteiger partial charge in [0.25, 0.3) is 5.91 Å². The van der Waals surface area contributed by atoms with Crippen molar-refractivity contribution in [3.8, 4) is 0 Å². The Morgan fingerprint density at radius 1 is 1.19 bits per heavy atom. The predicted octanol–water partition coefficient (Wildman–Crippen LogP) is -3.05. The van der Waals surface area contributed by atoms with Gasteiger partial charge in [0.1, 0.15) is 18.3 Å². The van der Waals surface area contributed by atoms with Crippen LogP contribution in [0.3, 0.4) is 0 Å². The SMILES string of the molecule is CCCNC(=O)[C@H](O)[C@H](O)[C@H](O)[C@@H](O)CO. The van der Waals surface area contributed by atoms with Gasteiger partial charge in [0.15, 0.2) is 6.10 Å². The van der Waals surface area contributed by atoms with Crippen molar-refractivity contribution in [1.29, 1.82) is 0 Å². The summed E-state index contributed by atoms with van der Waals surface area (Å²) in [5.41, 5.74) is 0. The van der Waals surface area contributed by atoms with Crippen LogP contribution in [0.5, 0.6) is 0 Å². The second-order valence-corrected chi connectivity index (χ2v) is 3.47. The Bertz CT molecular complexity index is 212. The molecule has 16 heavy (non-hydrogen) atoms. The number of hydrogen-bond donors (Lipinski definition) is 6. The van der Waals surface area contributed by atoms with Gasteiger partial charge in [0.2, 0.25) is 0 Å². The third-order valence-corrected chi connectivity index (χ3v) is 2.07. The summed E-state index contributed by atoms with van der Waals surface area (Å²) in [6.07, 6.45) is -6.42. The first-order valence-corrected chi connectivity index (χ1v) is 5.06. The van der Waals surface area contributed by atoms with E-state index < -0.39 is 36.9 Å². The number of amides is 1. The van der Waals surface area contributed by atoms with E-state index >= 15 is 0 Å². The lowest BCUT2D eigenvalue weighted by molar-refractivity contribution is -0.148. The summed E-state index contributed by atoms with van der Waals surface area (Å²) in [4.78, 5) is 11.2. The van der Waals surface area contributed by atoms with Gasteiger partial charge in [-0.25, -0.2) is 0 Å². The minimum atomic E-state index is -1.85. The van der Waals surface area contributed by atoms with E-state index in [-0.39, 0.29) is 0 Å². The fourth-order valence-electron chi connectivity index (χ4n) is 1.03. The Hall–Kier alpha value is -0.730. The van der Waals surface area contributed by atoms with Gasteiger partial charge in [-0.05, 0) is 6.42 Å². The van der Waals surface area contributed by atoms with E-state index in [9.17, 15) is 20.1 Å². The van der Waals surface area contributed by atoms with Crippen molar-refractivity contribution in [2.24, 2.45) is 0 Å². The first-order chi connectivity index (χ1) is 7.45. The van der Waals surface area contributed by atoms with Crippen molar-refractivity contribution >= 4 is 5.91 Å². The Labute approximate surface area is 93.3 Å². The van der Waals surface area contributed by atoms with Gasteiger partial charge >= 0.3 is 0 Å².